The van der Waals surface area contributed by atoms with E-state index in [1.165, 1.54) is 37.7 Å². The third kappa shape index (κ3) is 6.77. The van der Waals surface area contributed by atoms with Crippen LogP contribution in [0.5, 0.6) is 0 Å². The molecular weight excluding hydrogens is 254 g/mol. The summed E-state index contributed by atoms with van der Waals surface area (Å²) in [7, 11) is 0. The number of hydrogen-bond donors (Lipinski definition) is 0. The molecule has 0 radical (unpaired) electrons. The zero-order chi connectivity index (χ0) is 15.3. The standard InChI is InChI=1S/C13H9N.C7H16/c14-10-11-6-8-13(9-7-11)12-4-2-1-3-5-12;1-3-5-7-6-4-2/h1-9H;3-7H2,1-2H3. The summed E-state index contributed by atoms with van der Waals surface area (Å²) < 4.78 is 0. The molecule has 0 N–H and O–H groups in total. The first-order valence-corrected chi connectivity index (χ1v) is 7.87. The van der Waals surface area contributed by atoms with Crippen LogP contribution in [0, 0.1) is 11.3 Å². The van der Waals surface area contributed by atoms with Gasteiger partial charge in [-0.1, -0.05) is 88.4 Å². The van der Waals surface area contributed by atoms with Gasteiger partial charge in [0.25, 0.3) is 0 Å². The maximum absolute atomic E-state index is 8.65. The molecule has 21 heavy (non-hydrogen) atoms. The zero-order valence-corrected chi connectivity index (χ0v) is 13.2. The van der Waals surface area contributed by atoms with Crippen molar-refractivity contribution < 1.29 is 0 Å². The Balaban J connectivity index is 0.000000270. The minimum atomic E-state index is 0.699. The van der Waals surface area contributed by atoms with Gasteiger partial charge in [0.05, 0.1) is 11.6 Å². The maximum atomic E-state index is 8.65. The van der Waals surface area contributed by atoms with Crippen LogP contribution in [-0.4, -0.2) is 0 Å². The van der Waals surface area contributed by atoms with E-state index in [-0.39, 0.29) is 0 Å². The number of benzene rings is 2. The fourth-order valence-corrected chi connectivity index (χ4v) is 2.04. The summed E-state index contributed by atoms with van der Waals surface area (Å²) in [6.45, 7) is 4.49. The number of hydrogen-bond acceptors (Lipinski definition) is 1. The van der Waals surface area contributed by atoms with Gasteiger partial charge in [-0.3, -0.25) is 0 Å². The van der Waals surface area contributed by atoms with Crippen LogP contribution in [0.3, 0.4) is 0 Å². The summed E-state index contributed by atoms with van der Waals surface area (Å²) >= 11 is 0. The lowest BCUT2D eigenvalue weighted by atomic mass is 10.0. The van der Waals surface area contributed by atoms with Crippen LogP contribution in [0.1, 0.15) is 51.5 Å². The van der Waals surface area contributed by atoms with Crippen molar-refractivity contribution >= 4 is 0 Å². The van der Waals surface area contributed by atoms with E-state index in [0.29, 0.717) is 5.56 Å². The summed E-state index contributed by atoms with van der Waals surface area (Å²) in [5, 5.41) is 8.65. The topological polar surface area (TPSA) is 23.8 Å². The lowest BCUT2D eigenvalue weighted by molar-refractivity contribution is 0.656. The van der Waals surface area contributed by atoms with Gasteiger partial charge in [0.15, 0.2) is 0 Å². The van der Waals surface area contributed by atoms with Gasteiger partial charge in [-0.15, -0.1) is 0 Å². The van der Waals surface area contributed by atoms with E-state index < -0.39 is 0 Å². The van der Waals surface area contributed by atoms with Crippen molar-refractivity contribution in [1.29, 1.82) is 5.26 Å². The van der Waals surface area contributed by atoms with E-state index in [1.807, 2.05) is 42.5 Å². The first-order chi connectivity index (χ1) is 10.3. The summed E-state index contributed by atoms with van der Waals surface area (Å²) in [6.07, 6.45) is 7.01. The predicted molar refractivity (Wildman–Crippen MR) is 91.0 cm³/mol. The highest BCUT2D eigenvalue weighted by atomic mass is 14.2. The Labute approximate surface area is 129 Å². The van der Waals surface area contributed by atoms with Gasteiger partial charge in [-0.25, -0.2) is 0 Å². The largest absolute Gasteiger partial charge is 0.192 e. The fraction of sp³-hybridized carbons (Fsp3) is 0.350. The molecule has 0 aliphatic rings. The molecule has 0 fully saturated rings. The summed E-state index contributed by atoms with van der Waals surface area (Å²) in [5.41, 5.74) is 3.02. The monoisotopic (exact) mass is 279 g/mol. The molecule has 0 aromatic heterocycles. The minimum absolute atomic E-state index is 0.699. The third-order valence-corrected chi connectivity index (χ3v) is 3.33. The SMILES string of the molecule is CCCCCCC.N#Cc1ccc(-c2ccccc2)cc1. The number of nitrogens with zero attached hydrogens (tertiary/aromatic N) is 1. The van der Waals surface area contributed by atoms with E-state index >= 15 is 0 Å². The van der Waals surface area contributed by atoms with Crippen LogP contribution in [0.15, 0.2) is 54.6 Å². The first-order valence-electron chi connectivity index (χ1n) is 7.87. The van der Waals surface area contributed by atoms with Gasteiger partial charge in [-0.05, 0) is 23.3 Å². The quantitative estimate of drug-likeness (QED) is 0.597. The van der Waals surface area contributed by atoms with Crippen molar-refractivity contribution in [3.63, 3.8) is 0 Å². The first kappa shape index (κ1) is 17.0. The summed E-state index contributed by atoms with van der Waals surface area (Å²) in [6, 6.07) is 19.8. The lowest BCUT2D eigenvalue weighted by Crippen LogP contribution is -1.77. The molecular formula is C20H25N. The average molecular weight is 279 g/mol. The molecule has 1 heteroatoms. The van der Waals surface area contributed by atoms with Gasteiger partial charge in [0.2, 0.25) is 0 Å². The molecule has 2 aromatic carbocycles. The zero-order valence-electron chi connectivity index (χ0n) is 13.2. The normalized spacial score (nSPS) is 9.38. The second-order valence-corrected chi connectivity index (χ2v) is 5.12. The molecule has 0 atom stereocenters. The highest BCUT2D eigenvalue weighted by Crippen LogP contribution is 2.18. The predicted octanol–water partition coefficient (Wildman–Crippen LogP) is 6.20. The van der Waals surface area contributed by atoms with Crippen LogP contribution in [0.2, 0.25) is 0 Å². The molecule has 0 saturated heterocycles. The third-order valence-electron chi connectivity index (χ3n) is 3.33. The molecule has 0 aliphatic carbocycles. The minimum Gasteiger partial charge on any atom is -0.192 e. The van der Waals surface area contributed by atoms with Crippen LogP contribution >= 0.6 is 0 Å². The van der Waals surface area contributed by atoms with Crippen molar-refractivity contribution in [2.45, 2.75) is 46.0 Å². The fourth-order valence-electron chi connectivity index (χ4n) is 2.04. The number of nitriles is 1. The molecule has 0 unspecified atom stereocenters. The van der Waals surface area contributed by atoms with Gasteiger partial charge in [0.1, 0.15) is 0 Å². The van der Waals surface area contributed by atoms with E-state index in [1.54, 1.807) is 0 Å². The molecule has 0 heterocycles. The molecule has 0 bridgehead atoms. The van der Waals surface area contributed by atoms with Crippen molar-refractivity contribution in [2.75, 3.05) is 0 Å². The summed E-state index contributed by atoms with van der Waals surface area (Å²) in [5.74, 6) is 0. The van der Waals surface area contributed by atoms with Gasteiger partial charge in [0, 0.05) is 0 Å². The van der Waals surface area contributed by atoms with E-state index in [0.717, 1.165) is 5.56 Å². The van der Waals surface area contributed by atoms with E-state index in [9.17, 15) is 0 Å². The van der Waals surface area contributed by atoms with Crippen molar-refractivity contribution in [2.24, 2.45) is 0 Å². The highest BCUT2D eigenvalue weighted by molar-refractivity contribution is 5.63. The summed E-state index contributed by atoms with van der Waals surface area (Å²) in [4.78, 5) is 0. The molecule has 0 saturated carbocycles. The van der Waals surface area contributed by atoms with E-state index in [4.69, 9.17) is 5.26 Å². The maximum Gasteiger partial charge on any atom is 0.0991 e. The second kappa shape index (κ2) is 10.7. The van der Waals surface area contributed by atoms with Gasteiger partial charge in [-0.2, -0.15) is 5.26 Å². The van der Waals surface area contributed by atoms with Crippen LogP contribution in [0.4, 0.5) is 0 Å². The van der Waals surface area contributed by atoms with Crippen molar-refractivity contribution in [3.8, 4) is 17.2 Å². The number of rotatable bonds is 5. The molecule has 0 aliphatic heterocycles. The Bertz CT molecular complexity index is 516. The number of unbranched alkanes of at least 4 members (excludes halogenated alkanes) is 4. The lowest BCUT2D eigenvalue weighted by Gasteiger charge is -1.99. The van der Waals surface area contributed by atoms with Crippen LogP contribution in [0.25, 0.3) is 11.1 Å². The molecule has 2 rings (SSSR count). The molecule has 0 amide bonds. The average Bonchev–Trinajstić information content (AvgIpc) is 2.57. The smallest absolute Gasteiger partial charge is 0.0991 e. The molecule has 1 nitrogen and oxygen atoms in total. The van der Waals surface area contributed by atoms with Crippen LogP contribution < -0.4 is 0 Å². The van der Waals surface area contributed by atoms with Crippen molar-refractivity contribution in [1.82, 2.24) is 0 Å². The molecule has 110 valence electrons. The molecule has 0 spiro atoms. The van der Waals surface area contributed by atoms with Crippen molar-refractivity contribution in [3.05, 3.63) is 60.2 Å². The Morgan fingerprint density at radius 2 is 1.24 bits per heavy atom. The Morgan fingerprint density at radius 1 is 0.714 bits per heavy atom. The van der Waals surface area contributed by atoms with Crippen LogP contribution in [-0.2, 0) is 0 Å². The molecule has 2 aromatic rings. The Kier molecular flexibility index (Phi) is 8.64. The Hall–Kier alpha value is -2.07. The van der Waals surface area contributed by atoms with Gasteiger partial charge >= 0.3 is 0 Å². The van der Waals surface area contributed by atoms with E-state index in [2.05, 4.69) is 32.0 Å². The van der Waals surface area contributed by atoms with Gasteiger partial charge < -0.3 is 0 Å². The Morgan fingerprint density at radius 3 is 1.71 bits per heavy atom. The second-order valence-electron chi connectivity index (χ2n) is 5.12. The highest BCUT2D eigenvalue weighted by Gasteiger charge is 1.95.